The first-order valence-electron chi connectivity index (χ1n) is 8.61. The molecule has 1 unspecified atom stereocenters. The van der Waals surface area contributed by atoms with Crippen molar-refractivity contribution in [3.05, 3.63) is 71.6 Å². The predicted molar refractivity (Wildman–Crippen MR) is 104 cm³/mol. The summed E-state index contributed by atoms with van der Waals surface area (Å²) in [5.41, 5.74) is 9.26. The monoisotopic (exact) mass is 393 g/mol. The average molecular weight is 393 g/mol. The van der Waals surface area contributed by atoms with Gasteiger partial charge >= 0.3 is 6.03 Å². The fourth-order valence-corrected chi connectivity index (χ4v) is 2.95. The zero-order valence-electron chi connectivity index (χ0n) is 15.2. The number of aromatic nitrogens is 4. The number of urea groups is 1. The number of benzene rings is 1. The number of halogens is 1. The highest BCUT2D eigenvalue weighted by Crippen LogP contribution is 2.28. The van der Waals surface area contributed by atoms with Gasteiger partial charge in [-0.05, 0) is 31.2 Å². The summed E-state index contributed by atoms with van der Waals surface area (Å²) in [6.07, 6.45) is 1.70. The van der Waals surface area contributed by atoms with E-state index in [1.165, 1.54) is 16.8 Å². The Balaban J connectivity index is 1.77. The average Bonchev–Trinajstić information content (AvgIpc) is 3.14. The number of hydrogen-bond acceptors (Lipinski definition) is 6. The minimum Gasteiger partial charge on any atom is -0.382 e. The molecule has 0 fully saturated rings. The number of hydrogen-bond donors (Lipinski definition) is 3. The summed E-state index contributed by atoms with van der Waals surface area (Å²) in [4.78, 5) is 19.1. The summed E-state index contributed by atoms with van der Waals surface area (Å²) in [5.74, 6) is -0.585. The Morgan fingerprint density at radius 3 is 2.93 bits per heavy atom. The molecule has 0 aliphatic rings. The number of aliphatic hydroxyl groups is 1. The molecule has 9 nitrogen and oxygen atoms in total. The molecular weight excluding hydrogens is 377 g/mol. The third-order valence-electron chi connectivity index (χ3n) is 4.39. The number of hydrazone groups is 1. The number of nitrogens with two attached hydrogens (primary N) is 1. The van der Waals surface area contributed by atoms with Gasteiger partial charge < -0.3 is 10.8 Å². The van der Waals surface area contributed by atoms with Crippen molar-refractivity contribution in [2.24, 2.45) is 10.8 Å². The first-order chi connectivity index (χ1) is 13.9. The van der Waals surface area contributed by atoms with Crippen molar-refractivity contribution in [1.29, 1.82) is 0 Å². The van der Waals surface area contributed by atoms with E-state index in [1.807, 2.05) is 0 Å². The third-order valence-corrected chi connectivity index (χ3v) is 4.39. The van der Waals surface area contributed by atoms with Crippen LogP contribution in [0.1, 0.15) is 30.0 Å². The lowest BCUT2D eigenvalue weighted by molar-refractivity contribution is 0.208. The predicted octanol–water partition coefficient (Wildman–Crippen LogP) is 1.89. The molecule has 0 radical (unpaired) electrons. The molecule has 0 spiro atoms. The summed E-state index contributed by atoms with van der Waals surface area (Å²) in [6.45, 7) is 1.63. The smallest absolute Gasteiger partial charge is 0.332 e. The number of imidazole rings is 1. The van der Waals surface area contributed by atoms with E-state index >= 15 is 0 Å². The van der Waals surface area contributed by atoms with Gasteiger partial charge in [-0.2, -0.15) is 10.2 Å². The number of amides is 2. The highest BCUT2D eigenvalue weighted by molar-refractivity contribution is 5.97. The normalized spacial score (nSPS) is 13.0. The minimum absolute atomic E-state index is 0.0836. The summed E-state index contributed by atoms with van der Waals surface area (Å²) in [6, 6.07) is 8.88. The number of nitrogens with one attached hydrogen (secondary N) is 1. The molecule has 0 aliphatic heterocycles. The quantitative estimate of drug-likeness (QED) is 0.360. The number of carbonyl (C=O) groups excluding carboxylic acids is 1. The Kier molecular flexibility index (Phi) is 4.61. The lowest BCUT2D eigenvalue weighted by Gasteiger charge is -2.13. The van der Waals surface area contributed by atoms with Crippen molar-refractivity contribution < 1.29 is 14.3 Å². The fraction of sp³-hybridized carbons (Fsp3) is 0.105. The Labute approximate surface area is 163 Å². The van der Waals surface area contributed by atoms with Crippen LogP contribution in [0.3, 0.4) is 0 Å². The van der Waals surface area contributed by atoms with Gasteiger partial charge in [-0.15, -0.1) is 0 Å². The first-order valence-corrected chi connectivity index (χ1v) is 8.61. The number of fused-ring (bicyclic) bond motifs is 2. The van der Waals surface area contributed by atoms with E-state index in [4.69, 9.17) is 5.73 Å². The van der Waals surface area contributed by atoms with Gasteiger partial charge in [0, 0.05) is 23.2 Å². The Morgan fingerprint density at radius 1 is 1.31 bits per heavy atom. The van der Waals surface area contributed by atoms with Crippen LogP contribution >= 0.6 is 0 Å². The van der Waals surface area contributed by atoms with Gasteiger partial charge in [0.25, 0.3) is 0 Å². The first kappa shape index (κ1) is 18.4. The van der Waals surface area contributed by atoms with Gasteiger partial charge in [0.05, 0.1) is 23.1 Å². The SMILES string of the molecule is CC(=NNC(N)=O)c1ccc2ncc(C(O)c3cc4cccnc4cc3F)n2n1. The van der Waals surface area contributed by atoms with E-state index in [1.54, 1.807) is 43.5 Å². The van der Waals surface area contributed by atoms with Gasteiger partial charge in [0.2, 0.25) is 0 Å². The van der Waals surface area contributed by atoms with Crippen LogP contribution < -0.4 is 11.2 Å². The number of primary amides is 1. The molecule has 146 valence electrons. The van der Waals surface area contributed by atoms with Gasteiger partial charge in [0.15, 0.2) is 5.65 Å². The summed E-state index contributed by atoms with van der Waals surface area (Å²) >= 11 is 0. The molecule has 3 heterocycles. The Bertz CT molecular complexity index is 1270. The second kappa shape index (κ2) is 7.24. The van der Waals surface area contributed by atoms with Crippen molar-refractivity contribution in [2.45, 2.75) is 13.0 Å². The number of nitrogens with zero attached hydrogens (tertiary/aromatic N) is 5. The maximum absolute atomic E-state index is 14.6. The maximum atomic E-state index is 14.6. The van der Waals surface area contributed by atoms with Crippen LogP contribution in [-0.4, -0.2) is 36.4 Å². The molecule has 0 aliphatic carbocycles. The van der Waals surface area contributed by atoms with Crippen LogP contribution in [0.4, 0.5) is 9.18 Å². The number of rotatable bonds is 4. The lowest BCUT2D eigenvalue weighted by atomic mass is 10.0. The zero-order chi connectivity index (χ0) is 20.5. The molecule has 1 aromatic carbocycles. The van der Waals surface area contributed by atoms with E-state index in [0.717, 1.165) is 0 Å². The molecule has 0 saturated heterocycles. The zero-order valence-corrected chi connectivity index (χ0v) is 15.2. The van der Waals surface area contributed by atoms with E-state index in [0.29, 0.717) is 28.0 Å². The molecule has 10 heteroatoms. The van der Waals surface area contributed by atoms with Gasteiger partial charge in [-0.25, -0.2) is 24.1 Å². The molecule has 0 bridgehead atoms. The van der Waals surface area contributed by atoms with Crippen LogP contribution in [0.5, 0.6) is 0 Å². The molecule has 4 aromatic rings. The largest absolute Gasteiger partial charge is 0.382 e. The van der Waals surface area contributed by atoms with E-state index in [-0.39, 0.29) is 11.3 Å². The Morgan fingerprint density at radius 2 is 2.14 bits per heavy atom. The second-order valence-electron chi connectivity index (χ2n) is 6.32. The van der Waals surface area contributed by atoms with Gasteiger partial charge in [0.1, 0.15) is 17.6 Å². The topological polar surface area (TPSA) is 131 Å². The number of aliphatic hydroxyl groups excluding tert-OH is 1. The molecule has 3 aromatic heterocycles. The van der Waals surface area contributed by atoms with Crippen molar-refractivity contribution in [3.63, 3.8) is 0 Å². The molecule has 4 rings (SSSR count). The standard InChI is InChI=1S/C19H16FN7O2/c1-10(24-25-19(21)29)14-4-5-17-23-9-16(27(17)26-14)18(28)12-7-11-3-2-6-22-15(11)8-13(12)20/h2-9,18,28H,1H3,(H3,21,25,29). The van der Waals surface area contributed by atoms with Crippen LogP contribution in [-0.2, 0) is 0 Å². The minimum atomic E-state index is -1.31. The summed E-state index contributed by atoms with van der Waals surface area (Å²) in [5, 5.41) is 19.8. The summed E-state index contributed by atoms with van der Waals surface area (Å²) in [7, 11) is 0. The summed E-state index contributed by atoms with van der Waals surface area (Å²) < 4.78 is 16.0. The van der Waals surface area contributed by atoms with Crippen LogP contribution in [0.15, 0.2) is 53.9 Å². The highest BCUT2D eigenvalue weighted by atomic mass is 19.1. The van der Waals surface area contributed by atoms with Gasteiger partial charge in [-0.3, -0.25) is 4.98 Å². The Hall–Kier alpha value is -3.92. The lowest BCUT2D eigenvalue weighted by Crippen LogP contribution is -2.25. The second-order valence-corrected chi connectivity index (χ2v) is 6.32. The van der Waals surface area contributed by atoms with Gasteiger partial charge in [-0.1, -0.05) is 6.07 Å². The van der Waals surface area contributed by atoms with Crippen molar-refractivity contribution in [3.8, 4) is 0 Å². The molecule has 29 heavy (non-hydrogen) atoms. The highest BCUT2D eigenvalue weighted by Gasteiger charge is 2.21. The molecule has 2 amide bonds. The van der Waals surface area contributed by atoms with Crippen LogP contribution in [0, 0.1) is 5.82 Å². The molecule has 1 atom stereocenters. The third kappa shape index (κ3) is 3.48. The van der Waals surface area contributed by atoms with Crippen LogP contribution in [0.2, 0.25) is 0 Å². The van der Waals surface area contributed by atoms with E-state index in [9.17, 15) is 14.3 Å². The number of carbonyl (C=O) groups is 1. The van der Waals surface area contributed by atoms with Crippen molar-refractivity contribution >= 4 is 28.3 Å². The molecular formula is C19H16FN7O2. The fourth-order valence-electron chi connectivity index (χ4n) is 2.95. The van der Waals surface area contributed by atoms with E-state index < -0.39 is 18.0 Å². The molecule has 4 N–H and O–H groups in total. The molecule has 0 saturated carbocycles. The maximum Gasteiger partial charge on any atom is 0.332 e. The van der Waals surface area contributed by atoms with E-state index in [2.05, 4.69) is 25.6 Å². The van der Waals surface area contributed by atoms with Crippen LogP contribution in [0.25, 0.3) is 16.6 Å². The van der Waals surface area contributed by atoms with Crippen molar-refractivity contribution in [2.75, 3.05) is 0 Å². The number of pyridine rings is 1. The van der Waals surface area contributed by atoms with Crippen molar-refractivity contribution in [1.82, 2.24) is 25.0 Å².